The standard InChI is InChI=1S/C22H28N2O3S/c1-22(13-7-8-14-22)24(28(2,26)27)16-17(25)15-23-20-11-5-3-9-18(20)19-10-4-6-12-21(19)23/h3-6,9-12,17,25H,7-8,13-16H2,1-2H3. The van der Waals surface area contributed by atoms with Gasteiger partial charge in [0.1, 0.15) is 0 Å². The second-order valence-corrected chi connectivity index (χ2v) is 10.2. The molecule has 0 bridgehead atoms. The Morgan fingerprint density at radius 1 is 1.04 bits per heavy atom. The van der Waals surface area contributed by atoms with Crippen molar-refractivity contribution in [2.24, 2.45) is 0 Å². The summed E-state index contributed by atoms with van der Waals surface area (Å²) in [5.41, 5.74) is 1.72. The first-order chi connectivity index (χ1) is 13.3. The normalized spacial score (nSPS) is 18.3. The highest BCUT2D eigenvalue weighted by Gasteiger charge is 2.40. The molecule has 1 unspecified atom stereocenters. The maximum Gasteiger partial charge on any atom is 0.211 e. The van der Waals surface area contributed by atoms with E-state index in [0.29, 0.717) is 6.54 Å². The third-order valence-electron chi connectivity index (χ3n) is 6.13. The zero-order chi connectivity index (χ0) is 19.9. The second kappa shape index (κ2) is 7.17. The van der Waals surface area contributed by atoms with Crippen molar-refractivity contribution < 1.29 is 13.5 Å². The fourth-order valence-corrected chi connectivity index (χ4v) is 6.23. The van der Waals surface area contributed by atoms with Crippen molar-refractivity contribution in [3.8, 4) is 0 Å². The third-order valence-corrected chi connectivity index (χ3v) is 7.52. The molecular weight excluding hydrogens is 372 g/mol. The van der Waals surface area contributed by atoms with Gasteiger partial charge in [-0.1, -0.05) is 49.2 Å². The van der Waals surface area contributed by atoms with Crippen molar-refractivity contribution in [2.75, 3.05) is 12.8 Å². The van der Waals surface area contributed by atoms with E-state index in [1.54, 1.807) is 0 Å². The molecule has 1 aliphatic carbocycles. The lowest BCUT2D eigenvalue weighted by Crippen LogP contribution is -2.51. The Morgan fingerprint density at radius 3 is 2.04 bits per heavy atom. The van der Waals surface area contributed by atoms with E-state index < -0.39 is 21.7 Å². The minimum atomic E-state index is -3.40. The molecule has 3 aromatic rings. The van der Waals surface area contributed by atoms with Gasteiger partial charge in [-0.15, -0.1) is 0 Å². The lowest BCUT2D eigenvalue weighted by atomic mass is 10.0. The molecule has 6 heteroatoms. The number of para-hydroxylation sites is 2. The van der Waals surface area contributed by atoms with Crippen LogP contribution in [0.25, 0.3) is 21.8 Å². The molecule has 0 radical (unpaired) electrons. The van der Waals surface area contributed by atoms with Crippen molar-refractivity contribution in [3.05, 3.63) is 48.5 Å². The van der Waals surface area contributed by atoms with Gasteiger partial charge >= 0.3 is 0 Å². The third kappa shape index (κ3) is 3.45. The molecule has 1 fully saturated rings. The van der Waals surface area contributed by atoms with Gasteiger partial charge in [-0.05, 0) is 31.9 Å². The van der Waals surface area contributed by atoms with Crippen LogP contribution in [-0.4, -0.2) is 46.8 Å². The van der Waals surface area contributed by atoms with Crippen LogP contribution in [0.4, 0.5) is 0 Å². The summed E-state index contributed by atoms with van der Waals surface area (Å²) in [5.74, 6) is 0. The number of fused-ring (bicyclic) bond motifs is 3. The number of benzene rings is 2. The summed E-state index contributed by atoms with van der Waals surface area (Å²) in [6.07, 6.45) is 4.23. The molecule has 4 rings (SSSR count). The molecule has 1 saturated carbocycles. The molecular formula is C22H28N2O3S. The molecule has 0 aliphatic heterocycles. The Balaban J connectivity index is 1.67. The summed E-state index contributed by atoms with van der Waals surface area (Å²) >= 11 is 0. The van der Waals surface area contributed by atoms with Crippen LogP contribution in [0, 0.1) is 0 Å². The Kier molecular flexibility index (Phi) is 4.98. The first-order valence-electron chi connectivity index (χ1n) is 9.91. The SMILES string of the molecule is CC1(N(CC(O)Cn2c3ccccc3c3ccccc32)S(C)(=O)=O)CCCC1. The van der Waals surface area contributed by atoms with Crippen LogP contribution >= 0.6 is 0 Å². The molecule has 1 atom stereocenters. The number of hydrogen-bond acceptors (Lipinski definition) is 3. The van der Waals surface area contributed by atoms with E-state index in [-0.39, 0.29) is 6.54 Å². The zero-order valence-corrected chi connectivity index (χ0v) is 17.3. The van der Waals surface area contributed by atoms with Gasteiger partial charge in [0.25, 0.3) is 0 Å². The van der Waals surface area contributed by atoms with E-state index in [2.05, 4.69) is 28.8 Å². The van der Waals surface area contributed by atoms with Crippen LogP contribution in [0.1, 0.15) is 32.6 Å². The van der Waals surface area contributed by atoms with Gasteiger partial charge < -0.3 is 9.67 Å². The smallest absolute Gasteiger partial charge is 0.211 e. The summed E-state index contributed by atoms with van der Waals surface area (Å²) in [6.45, 7) is 2.49. The summed E-state index contributed by atoms with van der Waals surface area (Å²) in [4.78, 5) is 0. The number of hydrogen-bond donors (Lipinski definition) is 1. The van der Waals surface area contributed by atoms with E-state index in [4.69, 9.17) is 0 Å². The molecule has 1 aromatic heterocycles. The molecule has 0 spiro atoms. The highest BCUT2D eigenvalue weighted by atomic mass is 32.2. The Hall–Kier alpha value is -1.89. The van der Waals surface area contributed by atoms with Crippen LogP contribution in [-0.2, 0) is 16.6 Å². The van der Waals surface area contributed by atoms with Crippen molar-refractivity contribution in [3.63, 3.8) is 0 Å². The highest BCUT2D eigenvalue weighted by molar-refractivity contribution is 7.88. The summed E-state index contributed by atoms with van der Waals surface area (Å²) in [7, 11) is -3.40. The molecule has 0 saturated heterocycles. The number of aromatic nitrogens is 1. The monoisotopic (exact) mass is 400 g/mol. The lowest BCUT2D eigenvalue weighted by Gasteiger charge is -2.37. The van der Waals surface area contributed by atoms with Gasteiger partial charge in [-0.25, -0.2) is 8.42 Å². The van der Waals surface area contributed by atoms with Crippen LogP contribution in [0.15, 0.2) is 48.5 Å². The van der Waals surface area contributed by atoms with E-state index in [1.807, 2.05) is 31.2 Å². The maximum absolute atomic E-state index is 12.5. The molecule has 1 N–H and O–H groups in total. The Labute approximate surface area is 166 Å². The number of sulfonamides is 1. The van der Waals surface area contributed by atoms with E-state index in [9.17, 15) is 13.5 Å². The number of aliphatic hydroxyl groups is 1. The Bertz CT molecular complexity index is 1040. The molecule has 0 amide bonds. The Morgan fingerprint density at radius 2 is 1.54 bits per heavy atom. The van der Waals surface area contributed by atoms with Gasteiger partial charge in [0.05, 0.1) is 18.9 Å². The fraction of sp³-hybridized carbons (Fsp3) is 0.455. The van der Waals surface area contributed by atoms with E-state index in [0.717, 1.165) is 47.5 Å². The quantitative estimate of drug-likeness (QED) is 0.685. The molecule has 1 heterocycles. The largest absolute Gasteiger partial charge is 0.390 e. The van der Waals surface area contributed by atoms with Gasteiger partial charge in [-0.2, -0.15) is 4.31 Å². The van der Waals surface area contributed by atoms with Crippen LogP contribution in [0.2, 0.25) is 0 Å². The zero-order valence-electron chi connectivity index (χ0n) is 16.5. The summed E-state index contributed by atoms with van der Waals surface area (Å²) in [5, 5.41) is 13.2. The van der Waals surface area contributed by atoms with Crippen molar-refractivity contribution in [1.82, 2.24) is 8.87 Å². The summed E-state index contributed by atoms with van der Waals surface area (Å²) in [6, 6.07) is 16.3. The van der Waals surface area contributed by atoms with E-state index in [1.165, 1.54) is 10.6 Å². The molecule has 150 valence electrons. The predicted octanol–water partition coefficient (Wildman–Crippen LogP) is 3.75. The summed E-state index contributed by atoms with van der Waals surface area (Å²) < 4.78 is 28.6. The molecule has 28 heavy (non-hydrogen) atoms. The lowest BCUT2D eigenvalue weighted by molar-refractivity contribution is 0.0933. The van der Waals surface area contributed by atoms with Gasteiger partial charge in [0.15, 0.2) is 0 Å². The van der Waals surface area contributed by atoms with Crippen LogP contribution < -0.4 is 0 Å². The van der Waals surface area contributed by atoms with Crippen LogP contribution in [0.3, 0.4) is 0 Å². The molecule has 5 nitrogen and oxygen atoms in total. The van der Waals surface area contributed by atoms with E-state index >= 15 is 0 Å². The fourth-order valence-electron chi connectivity index (χ4n) is 4.80. The van der Waals surface area contributed by atoms with Crippen molar-refractivity contribution >= 4 is 31.8 Å². The topological polar surface area (TPSA) is 62.5 Å². The van der Waals surface area contributed by atoms with Gasteiger partial charge in [0.2, 0.25) is 10.0 Å². The number of rotatable bonds is 6. The molecule has 2 aromatic carbocycles. The minimum absolute atomic E-state index is 0.121. The second-order valence-electron chi connectivity index (χ2n) is 8.30. The van der Waals surface area contributed by atoms with Gasteiger partial charge in [-0.3, -0.25) is 0 Å². The van der Waals surface area contributed by atoms with Crippen molar-refractivity contribution in [2.45, 2.75) is 50.8 Å². The minimum Gasteiger partial charge on any atom is -0.390 e. The number of nitrogens with zero attached hydrogens (tertiary/aromatic N) is 2. The molecule has 1 aliphatic rings. The average molecular weight is 401 g/mol. The highest BCUT2D eigenvalue weighted by Crippen LogP contribution is 2.36. The number of β-amino-alcohol motifs (C(OH)–C–C–N with tert-alkyl or cyclic N) is 1. The first kappa shape index (κ1) is 19.4. The van der Waals surface area contributed by atoms with Crippen LogP contribution in [0.5, 0.6) is 0 Å². The first-order valence-corrected chi connectivity index (χ1v) is 11.8. The average Bonchev–Trinajstić information content (AvgIpc) is 3.22. The maximum atomic E-state index is 12.5. The number of aliphatic hydroxyl groups excluding tert-OH is 1. The predicted molar refractivity (Wildman–Crippen MR) is 114 cm³/mol. The van der Waals surface area contributed by atoms with Gasteiger partial charge in [0, 0.05) is 33.9 Å². The van der Waals surface area contributed by atoms with Crippen molar-refractivity contribution in [1.29, 1.82) is 0 Å².